The van der Waals surface area contributed by atoms with Gasteiger partial charge in [-0.3, -0.25) is 4.79 Å². The van der Waals surface area contributed by atoms with Gasteiger partial charge in [0.25, 0.3) is 0 Å². The summed E-state index contributed by atoms with van der Waals surface area (Å²) in [5.74, 6) is 0.436. The van der Waals surface area contributed by atoms with Crippen LogP contribution in [0.4, 0.5) is 4.79 Å². The van der Waals surface area contributed by atoms with E-state index in [4.69, 9.17) is 19.4 Å². The highest BCUT2D eigenvalue weighted by Gasteiger charge is 2.27. The van der Waals surface area contributed by atoms with Crippen molar-refractivity contribution in [2.45, 2.75) is 64.6 Å². The minimum absolute atomic E-state index is 0.0507. The van der Waals surface area contributed by atoms with Gasteiger partial charge in [-0.1, -0.05) is 5.16 Å². The van der Waals surface area contributed by atoms with Gasteiger partial charge in [0.2, 0.25) is 0 Å². The Kier molecular flexibility index (Phi) is 7.41. The van der Waals surface area contributed by atoms with Crippen LogP contribution in [0.5, 0.6) is 5.75 Å². The quantitative estimate of drug-likeness (QED) is 0.697. The second-order valence-electron chi connectivity index (χ2n) is 9.14. The summed E-state index contributed by atoms with van der Waals surface area (Å²) in [5, 5.41) is 12.9. The summed E-state index contributed by atoms with van der Waals surface area (Å²) in [6.45, 7) is 7.72. The van der Waals surface area contributed by atoms with Crippen LogP contribution < -0.4 is 4.74 Å². The Labute approximate surface area is 183 Å². The molecule has 170 valence electrons. The second kappa shape index (κ2) is 10.0. The minimum atomic E-state index is -0.888. The summed E-state index contributed by atoms with van der Waals surface area (Å²) >= 11 is 0. The van der Waals surface area contributed by atoms with Gasteiger partial charge in [-0.25, -0.2) is 4.79 Å². The predicted octanol–water partition coefficient (Wildman–Crippen LogP) is 4.07. The number of amides is 1. The highest BCUT2D eigenvalue weighted by Crippen LogP contribution is 2.24. The van der Waals surface area contributed by atoms with E-state index in [0.717, 1.165) is 49.4 Å². The molecule has 1 fully saturated rings. The molecule has 1 amide bonds. The first kappa shape index (κ1) is 22.9. The number of carboxylic acid groups (broad SMARTS) is 1. The molecule has 1 aromatic rings. The molecule has 1 aromatic carbocycles. The van der Waals surface area contributed by atoms with Crippen LogP contribution in [0.15, 0.2) is 29.4 Å². The van der Waals surface area contributed by atoms with E-state index < -0.39 is 17.7 Å². The number of nitrogens with zero attached hydrogens (tertiary/aromatic N) is 2. The van der Waals surface area contributed by atoms with E-state index in [1.807, 2.05) is 45.0 Å². The van der Waals surface area contributed by atoms with E-state index in [2.05, 4.69) is 5.16 Å². The number of carboxylic acids is 1. The van der Waals surface area contributed by atoms with Crippen molar-refractivity contribution < 1.29 is 29.0 Å². The van der Waals surface area contributed by atoms with Crippen LogP contribution >= 0.6 is 0 Å². The molecule has 0 saturated carbocycles. The molecule has 0 aliphatic carbocycles. The van der Waals surface area contributed by atoms with Crippen LogP contribution in [-0.4, -0.2) is 59.2 Å². The molecule has 2 aliphatic heterocycles. The van der Waals surface area contributed by atoms with Crippen LogP contribution in [0.2, 0.25) is 0 Å². The van der Waals surface area contributed by atoms with Gasteiger partial charge in [0.1, 0.15) is 17.5 Å². The Morgan fingerprint density at radius 2 is 1.87 bits per heavy atom. The van der Waals surface area contributed by atoms with Crippen LogP contribution in [0.1, 0.15) is 58.4 Å². The summed E-state index contributed by atoms with van der Waals surface area (Å²) in [5.41, 5.74) is 1.21. The Hall–Kier alpha value is -2.77. The van der Waals surface area contributed by atoms with Crippen LogP contribution in [0.25, 0.3) is 0 Å². The average molecular weight is 433 g/mol. The van der Waals surface area contributed by atoms with E-state index in [1.54, 1.807) is 4.90 Å². The summed E-state index contributed by atoms with van der Waals surface area (Å²) < 4.78 is 11.3. The van der Waals surface area contributed by atoms with Crippen molar-refractivity contribution in [2.75, 3.05) is 19.7 Å². The van der Waals surface area contributed by atoms with Crippen LogP contribution in [-0.2, 0) is 14.4 Å². The number of carbonyl (C=O) groups is 2. The maximum atomic E-state index is 12.1. The topological polar surface area (TPSA) is 97.7 Å². The van der Waals surface area contributed by atoms with Gasteiger partial charge in [0.15, 0.2) is 0 Å². The molecular formula is C23H32N2O6. The molecule has 8 nitrogen and oxygen atoms in total. The third kappa shape index (κ3) is 7.15. The lowest BCUT2D eigenvalue weighted by molar-refractivity contribution is -0.139. The Morgan fingerprint density at radius 3 is 2.48 bits per heavy atom. The van der Waals surface area contributed by atoms with Crippen molar-refractivity contribution in [3.05, 3.63) is 29.8 Å². The number of oxime groups is 1. The molecule has 0 aromatic heterocycles. The minimum Gasteiger partial charge on any atom is -0.494 e. The van der Waals surface area contributed by atoms with Gasteiger partial charge >= 0.3 is 12.1 Å². The van der Waals surface area contributed by atoms with Gasteiger partial charge in [0, 0.05) is 19.5 Å². The fourth-order valence-corrected chi connectivity index (χ4v) is 3.72. The molecule has 3 rings (SSSR count). The van der Waals surface area contributed by atoms with Crippen molar-refractivity contribution in [1.82, 2.24) is 4.90 Å². The molecule has 2 aliphatic rings. The zero-order valence-corrected chi connectivity index (χ0v) is 18.5. The Morgan fingerprint density at radius 1 is 1.19 bits per heavy atom. The molecule has 1 atom stereocenters. The molecule has 8 heteroatoms. The van der Waals surface area contributed by atoms with Gasteiger partial charge in [-0.05, 0) is 75.8 Å². The van der Waals surface area contributed by atoms with E-state index in [0.29, 0.717) is 18.9 Å². The summed E-state index contributed by atoms with van der Waals surface area (Å²) in [6.07, 6.45) is 2.68. The molecule has 0 radical (unpaired) electrons. The molecule has 0 unspecified atom stereocenters. The van der Waals surface area contributed by atoms with Gasteiger partial charge < -0.3 is 24.3 Å². The number of carbonyl (C=O) groups excluding carboxylic acids is 1. The first-order valence-electron chi connectivity index (χ1n) is 10.9. The third-order valence-corrected chi connectivity index (χ3v) is 5.38. The first-order chi connectivity index (χ1) is 14.7. The van der Waals surface area contributed by atoms with Crippen molar-refractivity contribution in [3.8, 4) is 5.75 Å². The zero-order valence-electron chi connectivity index (χ0n) is 18.5. The standard InChI is InChI=1S/C23H32N2O6/c1-23(2,3)30-22(28)25-11-8-16(9-12-25)10-13-29-18-6-4-17(5-7-18)20-14-19(31-24-20)15-21(26)27/h4-7,16,19H,8-15H2,1-3H3,(H,26,27)/t19-/m1/s1. The third-order valence-electron chi connectivity index (χ3n) is 5.38. The lowest BCUT2D eigenvalue weighted by atomic mass is 9.94. The fourth-order valence-electron chi connectivity index (χ4n) is 3.72. The van der Waals surface area contributed by atoms with Crippen molar-refractivity contribution in [2.24, 2.45) is 11.1 Å². The number of hydrogen-bond donors (Lipinski definition) is 1. The average Bonchev–Trinajstić information content (AvgIpc) is 3.15. The zero-order chi connectivity index (χ0) is 22.4. The normalized spacial score (nSPS) is 19.5. The van der Waals surface area contributed by atoms with Gasteiger partial charge in [0.05, 0.1) is 18.7 Å². The molecule has 0 spiro atoms. The number of rotatable bonds is 7. The highest BCUT2D eigenvalue weighted by molar-refractivity contribution is 6.01. The molecule has 0 bridgehead atoms. The Balaban J connectivity index is 1.36. The lowest BCUT2D eigenvalue weighted by Crippen LogP contribution is -2.41. The molecular weight excluding hydrogens is 400 g/mol. The Bertz CT molecular complexity index is 791. The summed E-state index contributed by atoms with van der Waals surface area (Å²) in [7, 11) is 0. The van der Waals surface area contributed by atoms with Crippen LogP contribution in [0.3, 0.4) is 0 Å². The first-order valence-corrected chi connectivity index (χ1v) is 10.9. The predicted molar refractivity (Wildman–Crippen MR) is 115 cm³/mol. The fraction of sp³-hybridized carbons (Fsp3) is 0.609. The van der Waals surface area contributed by atoms with E-state index in [1.165, 1.54) is 0 Å². The highest BCUT2D eigenvalue weighted by atomic mass is 16.6. The van der Waals surface area contributed by atoms with Crippen molar-refractivity contribution in [1.29, 1.82) is 0 Å². The maximum absolute atomic E-state index is 12.1. The SMILES string of the molecule is CC(C)(C)OC(=O)N1CCC(CCOc2ccc(C3=NO[C@@H](CC(=O)O)C3)cc2)CC1. The number of hydrogen-bond acceptors (Lipinski definition) is 6. The number of benzene rings is 1. The van der Waals surface area contributed by atoms with Crippen molar-refractivity contribution >= 4 is 17.8 Å². The number of aliphatic carboxylic acids is 1. The monoisotopic (exact) mass is 432 g/mol. The van der Waals surface area contributed by atoms with Gasteiger partial charge in [-0.2, -0.15) is 0 Å². The lowest BCUT2D eigenvalue weighted by Gasteiger charge is -2.33. The van der Waals surface area contributed by atoms with Crippen molar-refractivity contribution in [3.63, 3.8) is 0 Å². The largest absolute Gasteiger partial charge is 0.494 e. The smallest absolute Gasteiger partial charge is 0.410 e. The molecule has 2 heterocycles. The number of likely N-dealkylation sites (tertiary alicyclic amines) is 1. The van der Waals surface area contributed by atoms with E-state index in [-0.39, 0.29) is 12.5 Å². The summed E-state index contributed by atoms with van der Waals surface area (Å²) in [4.78, 5) is 29.9. The van der Waals surface area contributed by atoms with E-state index >= 15 is 0 Å². The molecule has 1 N–H and O–H groups in total. The molecule has 31 heavy (non-hydrogen) atoms. The number of piperidine rings is 1. The van der Waals surface area contributed by atoms with E-state index in [9.17, 15) is 9.59 Å². The number of ether oxygens (including phenoxy) is 2. The molecule has 1 saturated heterocycles. The van der Waals surface area contributed by atoms with Gasteiger partial charge in [-0.15, -0.1) is 0 Å². The van der Waals surface area contributed by atoms with Crippen LogP contribution in [0, 0.1) is 5.92 Å². The summed E-state index contributed by atoms with van der Waals surface area (Å²) in [6, 6.07) is 7.63. The maximum Gasteiger partial charge on any atom is 0.410 e. The second-order valence-corrected chi connectivity index (χ2v) is 9.14.